The van der Waals surface area contributed by atoms with Crippen molar-refractivity contribution < 1.29 is 31.1 Å². The van der Waals surface area contributed by atoms with Gasteiger partial charge in [0.05, 0.1) is 22.8 Å². The highest BCUT2D eigenvalue weighted by molar-refractivity contribution is 7.91. The first-order valence-corrected chi connectivity index (χ1v) is 14.9. The van der Waals surface area contributed by atoms with Crippen molar-refractivity contribution in [3.05, 3.63) is 89.5 Å². The Bertz CT molecular complexity index is 1390. The van der Waals surface area contributed by atoms with Gasteiger partial charge in [0.2, 0.25) is 0 Å². The lowest BCUT2D eigenvalue weighted by molar-refractivity contribution is -0.137. The molecule has 2 atom stereocenters. The normalized spacial score (nSPS) is 17.6. The van der Waals surface area contributed by atoms with Gasteiger partial charge in [-0.05, 0) is 72.6 Å². The number of halogens is 3. The number of carbonyl (C=O) groups excluding carboxylic acids is 1. The number of anilines is 1. The Hall–Kier alpha value is -3.53. The van der Waals surface area contributed by atoms with E-state index < -0.39 is 21.6 Å². The maximum Gasteiger partial charge on any atom is 0.416 e. The number of alkyl halides is 3. The summed E-state index contributed by atoms with van der Waals surface area (Å²) in [6, 6.07) is 18.5. The average Bonchev–Trinajstić information content (AvgIpc) is 3.34. The molecule has 214 valence electrons. The highest BCUT2D eigenvalue weighted by Crippen LogP contribution is 2.33. The molecule has 0 unspecified atom stereocenters. The fraction of sp³-hybridized carbons (Fsp3) is 0.367. The summed E-state index contributed by atoms with van der Waals surface area (Å²) in [6.45, 7) is 5.28. The molecule has 0 spiro atoms. The third-order valence-electron chi connectivity index (χ3n) is 7.12. The molecule has 4 rings (SSSR count). The van der Waals surface area contributed by atoms with Gasteiger partial charge in [0.1, 0.15) is 11.9 Å². The molecule has 3 aromatic rings. The van der Waals surface area contributed by atoms with Gasteiger partial charge in [-0.15, -0.1) is 0 Å². The van der Waals surface area contributed by atoms with Crippen LogP contribution in [0.2, 0.25) is 0 Å². The lowest BCUT2D eigenvalue weighted by atomic mass is 10.0. The number of carbonyl (C=O) groups is 1. The van der Waals surface area contributed by atoms with E-state index in [1.165, 1.54) is 12.1 Å². The van der Waals surface area contributed by atoms with Gasteiger partial charge >= 0.3 is 6.18 Å². The van der Waals surface area contributed by atoms with E-state index in [0.29, 0.717) is 17.9 Å². The molecule has 1 aliphatic heterocycles. The summed E-state index contributed by atoms with van der Waals surface area (Å²) in [6.07, 6.45) is -2.67. The van der Waals surface area contributed by atoms with E-state index in [1.54, 1.807) is 43.3 Å². The highest BCUT2D eigenvalue weighted by Gasteiger charge is 2.35. The van der Waals surface area contributed by atoms with E-state index >= 15 is 0 Å². The minimum atomic E-state index is -4.39. The van der Waals surface area contributed by atoms with Gasteiger partial charge in [0.25, 0.3) is 5.91 Å². The van der Waals surface area contributed by atoms with Crippen LogP contribution in [0.4, 0.5) is 18.9 Å². The predicted molar refractivity (Wildman–Crippen MR) is 148 cm³/mol. The first kappa shape index (κ1) is 29.5. The van der Waals surface area contributed by atoms with Crippen LogP contribution in [0.1, 0.15) is 48.2 Å². The van der Waals surface area contributed by atoms with Crippen molar-refractivity contribution in [2.45, 2.75) is 50.4 Å². The van der Waals surface area contributed by atoms with E-state index in [0.717, 1.165) is 42.8 Å². The minimum Gasteiger partial charge on any atom is -0.488 e. The molecule has 0 aliphatic carbocycles. The second-order valence-corrected chi connectivity index (χ2v) is 12.2. The molecule has 0 radical (unpaired) electrons. The van der Waals surface area contributed by atoms with Crippen LogP contribution in [-0.4, -0.2) is 39.3 Å². The Balaban J connectivity index is 1.35. The van der Waals surface area contributed by atoms with Crippen molar-refractivity contribution in [3.8, 4) is 5.75 Å². The average molecular weight is 575 g/mol. The molecule has 1 saturated heterocycles. The van der Waals surface area contributed by atoms with Gasteiger partial charge in [-0.3, -0.25) is 4.79 Å². The van der Waals surface area contributed by atoms with Crippen LogP contribution in [0.5, 0.6) is 5.75 Å². The molecule has 1 fully saturated rings. The fourth-order valence-electron chi connectivity index (χ4n) is 4.82. The van der Waals surface area contributed by atoms with Crippen molar-refractivity contribution in [1.29, 1.82) is 0 Å². The molecular formula is C30H33F3N2O4S. The number of benzene rings is 3. The molecule has 0 saturated carbocycles. The molecule has 10 heteroatoms. The number of ether oxygens (including phenoxy) is 1. The predicted octanol–water partition coefficient (Wildman–Crippen LogP) is 6.11. The Kier molecular flexibility index (Phi) is 9.08. The topological polar surface area (TPSA) is 75.7 Å². The first-order chi connectivity index (χ1) is 19.0. The van der Waals surface area contributed by atoms with Crippen LogP contribution in [0.15, 0.2) is 77.7 Å². The van der Waals surface area contributed by atoms with Crippen molar-refractivity contribution in [2.75, 3.05) is 23.7 Å². The quantitative estimate of drug-likeness (QED) is 0.316. The third kappa shape index (κ3) is 7.15. The number of nitrogens with zero attached hydrogens (tertiary/aromatic N) is 1. The van der Waals surface area contributed by atoms with E-state index in [-0.39, 0.29) is 35.1 Å². The summed E-state index contributed by atoms with van der Waals surface area (Å²) in [5.41, 5.74) is 1.51. The Labute approximate surface area is 233 Å². The number of amides is 1. The second-order valence-electron chi connectivity index (χ2n) is 9.91. The van der Waals surface area contributed by atoms with Gasteiger partial charge in [-0.1, -0.05) is 32.4 Å². The zero-order valence-electron chi connectivity index (χ0n) is 22.4. The van der Waals surface area contributed by atoms with Crippen LogP contribution in [0.3, 0.4) is 0 Å². The second kappa shape index (κ2) is 12.3. The largest absolute Gasteiger partial charge is 0.488 e. The summed E-state index contributed by atoms with van der Waals surface area (Å²) in [4.78, 5) is 15.1. The Morgan fingerprint density at radius 2 is 1.60 bits per heavy atom. The van der Waals surface area contributed by atoms with Crippen LogP contribution >= 0.6 is 0 Å². The van der Waals surface area contributed by atoms with Crippen molar-refractivity contribution in [2.24, 2.45) is 5.92 Å². The monoisotopic (exact) mass is 574 g/mol. The van der Waals surface area contributed by atoms with E-state index in [2.05, 4.69) is 17.1 Å². The molecule has 1 N–H and O–H groups in total. The van der Waals surface area contributed by atoms with E-state index in [1.807, 2.05) is 12.1 Å². The lowest BCUT2D eigenvalue weighted by Crippen LogP contribution is -2.27. The number of sulfone groups is 1. The molecule has 6 nitrogen and oxygen atoms in total. The summed E-state index contributed by atoms with van der Waals surface area (Å²) in [5.74, 6) is 0.414. The lowest BCUT2D eigenvalue weighted by Gasteiger charge is -2.20. The van der Waals surface area contributed by atoms with Crippen LogP contribution in [0.25, 0.3) is 0 Å². The van der Waals surface area contributed by atoms with Gasteiger partial charge in [0.15, 0.2) is 9.84 Å². The highest BCUT2D eigenvalue weighted by atomic mass is 32.2. The first-order valence-electron chi connectivity index (χ1n) is 13.3. The van der Waals surface area contributed by atoms with Crippen molar-refractivity contribution in [1.82, 2.24) is 5.32 Å². The molecular weight excluding hydrogens is 541 g/mol. The molecule has 0 aromatic heterocycles. The molecule has 3 aromatic carbocycles. The number of hydrogen-bond acceptors (Lipinski definition) is 5. The van der Waals surface area contributed by atoms with Crippen molar-refractivity contribution >= 4 is 21.4 Å². The van der Waals surface area contributed by atoms with E-state index in [4.69, 9.17) is 4.74 Å². The molecule has 1 amide bonds. The number of nitrogens with one attached hydrogen (secondary N) is 1. The standard InChI is InChI=1S/C30H33F3N2O4S/c1-3-5-23-19-35(20-28(23)39-26-14-10-24(11-15-26)30(31,32)33)25-12-8-22(9-13-25)29(36)34-18-21-6-16-27(17-7-21)40(37,38)4-2/h6-17,23,28H,3-5,18-20H2,1-2H3,(H,34,36)/t23-,28-/m0/s1. The van der Waals surface area contributed by atoms with Crippen molar-refractivity contribution in [3.63, 3.8) is 0 Å². The summed E-state index contributed by atoms with van der Waals surface area (Å²) < 4.78 is 68.7. The number of rotatable bonds is 10. The van der Waals surface area contributed by atoms with Crippen LogP contribution < -0.4 is 15.0 Å². The zero-order chi connectivity index (χ0) is 28.9. The third-order valence-corrected chi connectivity index (χ3v) is 8.87. The smallest absolute Gasteiger partial charge is 0.416 e. The van der Waals surface area contributed by atoms with Gasteiger partial charge < -0.3 is 15.0 Å². The molecule has 1 aliphatic rings. The number of hydrogen-bond donors (Lipinski definition) is 1. The maximum absolute atomic E-state index is 12.9. The Morgan fingerprint density at radius 1 is 0.950 bits per heavy atom. The van der Waals surface area contributed by atoms with Gasteiger partial charge in [0, 0.05) is 30.3 Å². The van der Waals surface area contributed by atoms with Gasteiger partial charge in [-0.25, -0.2) is 8.42 Å². The Morgan fingerprint density at radius 3 is 2.17 bits per heavy atom. The zero-order valence-corrected chi connectivity index (χ0v) is 23.3. The molecule has 0 bridgehead atoms. The SMILES string of the molecule is CCC[C@H]1CN(c2ccc(C(=O)NCc3ccc(S(=O)(=O)CC)cc3)cc2)C[C@@H]1Oc1ccc(C(F)(F)F)cc1. The summed E-state index contributed by atoms with van der Waals surface area (Å²) >= 11 is 0. The molecule has 40 heavy (non-hydrogen) atoms. The van der Waals surface area contributed by atoms with E-state index in [9.17, 15) is 26.4 Å². The summed E-state index contributed by atoms with van der Waals surface area (Å²) in [7, 11) is -3.27. The fourth-order valence-corrected chi connectivity index (χ4v) is 5.70. The molecule has 1 heterocycles. The maximum atomic E-state index is 12.9. The van der Waals surface area contributed by atoms with Crippen LogP contribution in [-0.2, 0) is 22.6 Å². The van der Waals surface area contributed by atoms with Gasteiger partial charge in [-0.2, -0.15) is 13.2 Å². The summed E-state index contributed by atoms with van der Waals surface area (Å²) in [5, 5.41) is 2.86. The van der Waals surface area contributed by atoms with Crippen LogP contribution in [0, 0.1) is 5.92 Å². The minimum absolute atomic E-state index is 0.0304.